The summed E-state index contributed by atoms with van der Waals surface area (Å²) in [6.45, 7) is 2.19. The van der Waals surface area contributed by atoms with E-state index in [-0.39, 0.29) is 23.8 Å². The first kappa shape index (κ1) is 13.8. The molecule has 0 radical (unpaired) electrons. The third-order valence-corrected chi connectivity index (χ3v) is 2.18. The summed E-state index contributed by atoms with van der Waals surface area (Å²) in [5.41, 5.74) is 5.31. The van der Waals surface area contributed by atoms with Crippen molar-refractivity contribution in [3.63, 3.8) is 0 Å². The molecule has 0 saturated heterocycles. The maximum atomic E-state index is 13.4. The molecule has 1 rings (SSSR count). The molecule has 1 aromatic rings. The minimum Gasteiger partial charge on any atom is -0.478 e. The number of aromatic carboxylic acids is 1. The molecule has 7 heteroatoms. The molecule has 0 aliphatic heterocycles. The zero-order valence-electron chi connectivity index (χ0n) is 9.79. The molecule has 0 aliphatic carbocycles. The fourth-order valence-corrected chi connectivity index (χ4v) is 1.34. The third-order valence-electron chi connectivity index (χ3n) is 2.18. The first-order valence-corrected chi connectivity index (χ1v) is 5.28. The average molecular weight is 255 g/mol. The second-order valence-corrected chi connectivity index (χ2v) is 3.53. The van der Waals surface area contributed by atoms with Crippen LogP contribution >= 0.6 is 0 Å². The fourth-order valence-electron chi connectivity index (χ4n) is 1.34. The monoisotopic (exact) mass is 255 g/mol. The molecule has 18 heavy (non-hydrogen) atoms. The summed E-state index contributed by atoms with van der Waals surface area (Å²) in [5, 5.41) is 13.9. The van der Waals surface area contributed by atoms with E-state index in [9.17, 15) is 14.0 Å². The van der Waals surface area contributed by atoms with Gasteiger partial charge in [-0.05, 0) is 19.1 Å². The van der Waals surface area contributed by atoms with Crippen molar-refractivity contribution in [3.05, 3.63) is 23.5 Å². The quantitative estimate of drug-likeness (QED) is 0.578. The summed E-state index contributed by atoms with van der Waals surface area (Å²) < 4.78 is 13.4. The van der Waals surface area contributed by atoms with E-state index in [0.29, 0.717) is 6.54 Å². The Labute approximate surface area is 103 Å². The third kappa shape index (κ3) is 3.34. The largest absolute Gasteiger partial charge is 0.478 e. The van der Waals surface area contributed by atoms with Crippen LogP contribution in [0.15, 0.2) is 12.1 Å². The van der Waals surface area contributed by atoms with Crippen LogP contribution in [-0.4, -0.2) is 30.1 Å². The van der Waals surface area contributed by atoms with E-state index in [4.69, 9.17) is 10.8 Å². The van der Waals surface area contributed by atoms with Crippen LogP contribution in [0.2, 0.25) is 0 Å². The lowest BCUT2D eigenvalue weighted by molar-refractivity contribution is -0.119. The molecule has 0 spiro atoms. The van der Waals surface area contributed by atoms with Crippen molar-refractivity contribution in [3.8, 4) is 0 Å². The molecule has 0 aliphatic rings. The molecule has 0 atom stereocenters. The van der Waals surface area contributed by atoms with Gasteiger partial charge in [0.25, 0.3) is 0 Å². The molecule has 1 amide bonds. The fraction of sp³-hybridized carbons (Fsp3) is 0.273. The number of benzene rings is 1. The average Bonchev–Trinajstić information content (AvgIpc) is 2.29. The standard InChI is InChI=1S/C11H14FN3O3/c1-2-14-10(16)5-15-9-4-7(12)6(11(17)18)3-8(9)13/h3-4,15H,2,5,13H2,1H3,(H,14,16)(H,17,18). The van der Waals surface area contributed by atoms with Gasteiger partial charge in [-0.2, -0.15) is 0 Å². The molecular formula is C11H14FN3O3. The number of hydrogen-bond donors (Lipinski definition) is 4. The maximum absolute atomic E-state index is 13.4. The van der Waals surface area contributed by atoms with Gasteiger partial charge in [0.15, 0.2) is 0 Å². The van der Waals surface area contributed by atoms with Crippen molar-refractivity contribution < 1.29 is 19.1 Å². The summed E-state index contributed by atoms with van der Waals surface area (Å²) in [6.07, 6.45) is 0. The van der Waals surface area contributed by atoms with Gasteiger partial charge in [0.1, 0.15) is 5.82 Å². The summed E-state index contributed by atoms with van der Waals surface area (Å²) in [7, 11) is 0. The highest BCUT2D eigenvalue weighted by Crippen LogP contribution is 2.22. The zero-order chi connectivity index (χ0) is 13.7. The van der Waals surface area contributed by atoms with Crippen LogP contribution in [0.25, 0.3) is 0 Å². The number of nitrogens with one attached hydrogen (secondary N) is 2. The van der Waals surface area contributed by atoms with Gasteiger partial charge < -0.3 is 21.5 Å². The molecule has 0 bridgehead atoms. The van der Waals surface area contributed by atoms with Crippen LogP contribution in [0.5, 0.6) is 0 Å². The summed E-state index contributed by atoms with van der Waals surface area (Å²) in [5.74, 6) is -2.57. The smallest absolute Gasteiger partial charge is 0.338 e. The van der Waals surface area contributed by atoms with E-state index in [1.54, 1.807) is 6.92 Å². The second-order valence-electron chi connectivity index (χ2n) is 3.53. The van der Waals surface area contributed by atoms with Crippen LogP contribution in [0.3, 0.4) is 0 Å². The van der Waals surface area contributed by atoms with Crippen molar-refractivity contribution in [1.29, 1.82) is 0 Å². The Balaban J connectivity index is 2.82. The topological polar surface area (TPSA) is 104 Å². The van der Waals surface area contributed by atoms with Gasteiger partial charge in [-0.3, -0.25) is 4.79 Å². The Morgan fingerprint density at radius 1 is 1.44 bits per heavy atom. The highest BCUT2D eigenvalue weighted by atomic mass is 19.1. The zero-order valence-corrected chi connectivity index (χ0v) is 9.79. The van der Waals surface area contributed by atoms with E-state index in [2.05, 4.69) is 10.6 Å². The number of carboxylic acids is 1. The number of hydrogen-bond acceptors (Lipinski definition) is 4. The number of carbonyl (C=O) groups excluding carboxylic acids is 1. The number of rotatable bonds is 5. The van der Waals surface area contributed by atoms with Gasteiger partial charge in [0.2, 0.25) is 5.91 Å². The number of likely N-dealkylation sites (N-methyl/N-ethyl adjacent to an activating group) is 1. The van der Waals surface area contributed by atoms with Gasteiger partial charge in [-0.25, -0.2) is 9.18 Å². The normalized spacial score (nSPS) is 9.89. The van der Waals surface area contributed by atoms with Crippen LogP contribution in [0.1, 0.15) is 17.3 Å². The number of amides is 1. The minimum atomic E-state index is -1.39. The Bertz CT molecular complexity index is 477. The first-order chi connectivity index (χ1) is 8.45. The van der Waals surface area contributed by atoms with E-state index < -0.39 is 17.3 Å². The molecule has 0 saturated carbocycles. The number of nitrogens with two attached hydrogens (primary N) is 1. The second kappa shape index (κ2) is 5.85. The molecule has 0 unspecified atom stereocenters. The Hall–Kier alpha value is -2.31. The van der Waals surface area contributed by atoms with Gasteiger partial charge in [-0.15, -0.1) is 0 Å². The summed E-state index contributed by atoms with van der Waals surface area (Å²) >= 11 is 0. The Morgan fingerprint density at radius 2 is 2.11 bits per heavy atom. The van der Waals surface area contributed by atoms with E-state index in [1.165, 1.54) is 0 Å². The minimum absolute atomic E-state index is 0.0656. The van der Waals surface area contributed by atoms with Crippen molar-refractivity contribution >= 4 is 23.3 Å². The van der Waals surface area contributed by atoms with Gasteiger partial charge in [-0.1, -0.05) is 0 Å². The van der Waals surface area contributed by atoms with Crippen molar-refractivity contribution in [1.82, 2.24) is 5.32 Å². The SMILES string of the molecule is CCNC(=O)CNc1cc(F)c(C(=O)O)cc1N. The Morgan fingerprint density at radius 3 is 2.67 bits per heavy atom. The lowest BCUT2D eigenvalue weighted by Crippen LogP contribution is -2.29. The predicted octanol–water partition coefficient (Wildman–Crippen LogP) is 0.654. The van der Waals surface area contributed by atoms with E-state index in [0.717, 1.165) is 12.1 Å². The maximum Gasteiger partial charge on any atom is 0.338 e. The van der Waals surface area contributed by atoms with Gasteiger partial charge in [0, 0.05) is 6.54 Å². The molecule has 0 aromatic heterocycles. The van der Waals surface area contributed by atoms with Gasteiger partial charge >= 0.3 is 5.97 Å². The predicted molar refractivity (Wildman–Crippen MR) is 64.9 cm³/mol. The first-order valence-electron chi connectivity index (χ1n) is 5.28. The highest BCUT2D eigenvalue weighted by molar-refractivity contribution is 5.91. The summed E-state index contributed by atoms with van der Waals surface area (Å²) in [4.78, 5) is 21.8. The lowest BCUT2D eigenvalue weighted by atomic mass is 10.1. The molecule has 98 valence electrons. The van der Waals surface area contributed by atoms with Crippen LogP contribution in [-0.2, 0) is 4.79 Å². The molecule has 1 aromatic carbocycles. The number of carboxylic acid groups (broad SMARTS) is 1. The molecule has 6 nitrogen and oxygen atoms in total. The molecule has 5 N–H and O–H groups in total. The number of anilines is 2. The van der Waals surface area contributed by atoms with E-state index in [1.807, 2.05) is 0 Å². The summed E-state index contributed by atoms with van der Waals surface area (Å²) in [6, 6.07) is 1.97. The van der Waals surface area contributed by atoms with Crippen molar-refractivity contribution in [2.75, 3.05) is 24.1 Å². The highest BCUT2D eigenvalue weighted by Gasteiger charge is 2.13. The number of nitrogen functional groups attached to an aromatic ring is 1. The number of carbonyl (C=O) groups is 2. The molecule has 0 fully saturated rings. The van der Waals surface area contributed by atoms with Crippen molar-refractivity contribution in [2.45, 2.75) is 6.92 Å². The van der Waals surface area contributed by atoms with E-state index >= 15 is 0 Å². The lowest BCUT2D eigenvalue weighted by Gasteiger charge is -2.10. The molecular weight excluding hydrogens is 241 g/mol. The number of halogens is 1. The Kier molecular flexibility index (Phi) is 4.47. The van der Waals surface area contributed by atoms with Gasteiger partial charge in [0.05, 0.1) is 23.5 Å². The van der Waals surface area contributed by atoms with Crippen LogP contribution in [0, 0.1) is 5.82 Å². The molecule has 0 heterocycles. The van der Waals surface area contributed by atoms with Crippen LogP contribution < -0.4 is 16.4 Å². The van der Waals surface area contributed by atoms with Crippen LogP contribution in [0.4, 0.5) is 15.8 Å². The van der Waals surface area contributed by atoms with Crippen molar-refractivity contribution in [2.24, 2.45) is 0 Å².